The average molecular weight is 304 g/mol. The van der Waals surface area contributed by atoms with Crippen LogP contribution in [0.15, 0.2) is 42.0 Å². The molecule has 1 aromatic rings. The van der Waals surface area contributed by atoms with Gasteiger partial charge in [0.2, 0.25) is 0 Å². The number of carbonyl (C=O) groups excluding carboxylic acids is 2. The van der Waals surface area contributed by atoms with Crippen LogP contribution >= 0.6 is 0 Å². The molecule has 0 aliphatic carbocycles. The fourth-order valence-corrected chi connectivity index (χ4v) is 1.98. The van der Waals surface area contributed by atoms with Crippen LogP contribution in [0.3, 0.4) is 0 Å². The van der Waals surface area contributed by atoms with Crippen molar-refractivity contribution in [2.45, 2.75) is 33.1 Å². The highest BCUT2D eigenvalue weighted by atomic mass is 16.5. The Hall–Kier alpha value is -2.10. The summed E-state index contributed by atoms with van der Waals surface area (Å²) in [4.78, 5) is 23.0. The maximum Gasteiger partial charge on any atom is 0.338 e. The molecule has 0 amide bonds. The van der Waals surface area contributed by atoms with Crippen molar-refractivity contribution in [1.82, 2.24) is 0 Å². The quantitative estimate of drug-likeness (QED) is 0.542. The maximum atomic E-state index is 11.8. The number of methoxy groups -OCH3 is 1. The number of ether oxygens (including phenoxy) is 2. The molecule has 0 saturated heterocycles. The highest BCUT2D eigenvalue weighted by Crippen LogP contribution is 2.13. The highest BCUT2D eigenvalue weighted by Gasteiger charge is 2.08. The average Bonchev–Trinajstić information content (AvgIpc) is 2.54. The largest absolute Gasteiger partial charge is 0.466 e. The molecule has 1 atom stereocenters. The Labute approximate surface area is 132 Å². The molecule has 0 bridgehead atoms. The van der Waals surface area contributed by atoms with Gasteiger partial charge in [-0.25, -0.2) is 9.59 Å². The first-order valence-electron chi connectivity index (χ1n) is 7.51. The minimum absolute atomic E-state index is 0.283. The van der Waals surface area contributed by atoms with Gasteiger partial charge in [0.15, 0.2) is 0 Å². The van der Waals surface area contributed by atoms with E-state index in [2.05, 4.69) is 11.7 Å². The van der Waals surface area contributed by atoms with Crippen molar-refractivity contribution in [3.8, 4) is 0 Å². The van der Waals surface area contributed by atoms with Gasteiger partial charge in [-0.15, -0.1) is 0 Å². The molecular weight excluding hydrogens is 280 g/mol. The van der Waals surface area contributed by atoms with Crippen molar-refractivity contribution in [3.05, 3.63) is 47.5 Å². The van der Waals surface area contributed by atoms with E-state index < -0.39 is 0 Å². The molecule has 0 aliphatic rings. The van der Waals surface area contributed by atoms with Gasteiger partial charge in [0.1, 0.15) is 0 Å². The van der Waals surface area contributed by atoms with Gasteiger partial charge in [-0.3, -0.25) is 0 Å². The predicted octanol–water partition coefficient (Wildman–Crippen LogP) is 3.77. The minimum Gasteiger partial charge on any atom is -0.466 e. The molecular formula is C18H24O4. The summed E-state index contributed by atoms with van der Waals surface area (Å²) in [7, 11) is 1.38. The minimum atomic E-state index is -0.288. The van der Waals surface area contributed by atoms with Crippen LogP contribution < -0.4 is 0 Å². The fraction of sp³-hybridized carbons (Fsp3) is 0.444. The van der Waals surface area contributed by atoms with Crippen molar-refractivity contribution in [1.29, 1.82) is 0 Å². The summed E-state index contributed by atoms with van der Waals surface area (Å²) < 4.78 is 9.89. The molecule has 1 aromatic carbocycles. The maximum absolute atomic E-state index is 11.8. The lowest BCUT2D eigenvalue weighted by molar-refractivity contribution is -0.136. The van der Waals surface area contributed by atoms with Crippen LogP contribution in [0.4, 0.5) is 0 Å². The molecule has 0 unspecified atom stereocenters. The third-order valence-electron chi connectivity index (χ3n) is 3.47. The van der Waals surface area contributed by atoms with Gasteiger partial charge in [-0.05, 0) is 44.2 Å². The second-order valence-corrected chi connectivity index (χ2v) is 5.35. The first-order valence-corrected chi connectivity index (χ1v) is 7.51. The van der Waals surface area contributed by atoms with Crippen LogP contribution in [-0.4, -0.2) is 25.7 Å². The number of carbonyl (C=O) groups is 2. The van der Waals surface area contributed by atoms with E-state index in [0.717, 1.165) is 19.3 Å². The summed E-state index contributed by atoms with van der Waals surface area (Å²) in [6.07, 6.45) is 4.45. The summed E-state index contributed by atoms with van der Waals surface area (Å²) in [5.41, 5.74) is 1.21. The van der Waals surface area contributed by atoms with E-state index in [1.807, 2.05) is 24.3 Å². The van der Waals surface area contributed by atoms with Crippen LogP contribution in [-0.2, 0) is 14.3 Å². The zero-order valence-electron chi connectivity index (χ0n) is 13.5. The van der Waals surface area contributed by atoms with E-state index in [4.69, 9.17) is 4.74 Å². The zero-order valence-corrected chi connectivity index (χ0v) is 13.5. The Bertz CT molecular complexity index is 505. The van der Waals surface area contributed by atoms with Crippen molar-refractivity contribution in [2.24, 2.45) is 5.92 Å². The zero-order chi connectivity index (χ0) is 16.4. The first-order chi connectivity index (χ1) is 10.5. The third kappa shape index (κ3) is 6.57. The van der Waals surface area contributed by atoms with Crippen LogP contribution in [0, 0.1) is 5.92 Å². The fourth-order valence-electron chi connectivity index (χ4n) is 1.98. The van der Waals surface area contributed by atoms with E-state index in [0.29, 0.717) is 23.7 Å². The molecule has 0 N–H and O–H groups in total. The molecule has 4 nitrogen and oxygen atoms in total. The second kappa shape index (κ2) is 9.77. The van der Waals surface area contributed by atoms with E-state index in [1.54, 1.807) is 19.1 Å². The van der Waals surface area contributed by atoms with Crippen molar-refractivity contribution in [3.63, 3.8) is 0 Å². The molecule has 1 rings (SSSR count). The number of hydrogen-bond donors (Lipinski definition) is 0. The van der Waals surface area contributed by atoms with Gasteiger partial charge in [0, 0.05) is 5.57 Å². The van der Waals surface area contributed by atoms with Gasteiger partial charge in [0.05, 0.1) is 19.3 Å². The molecule has 0 spiro atoms. The van der Waals surface area contributed by atoms with Crippen LogP contribution in [0.5, 0.6) is 0 Å². The van der Waals surface area contributed by atoms with Crippen LogP contribution in [0.1, 0.15) is 43.5 Å². The van der Waals surface area contributed by atoms with Gasteiger partial charge in [-0.2, -0.15) is 0 Å². The van der Waals surface area contributed by atoms with E-state index in [-0.39, 0.29) is 11.9 Å². The summed E-state index contributed by atoms with van der Waals surface area (Å²) in [5.74, 6) is -0.149. The Balaban J connectivity index is 2.22. The molecule has 0 aromatic heterocycles. The van der Waals surface area contributed by atoms with Gasteiger partial charge in [-0.1, -0.05) is 31.2 Å². The second-order valence-electron chi connectivity index (χ2n) is 5.35. The molecule has 0 fully saturated rings. The number of benzene rings is 1. The number of esters is 2. The Morgan fingerprint density at radius 1 is 1.18 bits per heavy atom. The smallest absolute Gasteiger partial charge is 0.338 e. The molecule has 0 saturated carbocycles. The van der Waals surface area contributed by atoms with Crippen molar-refractivity contribution in [2.75, 3.05) is 13.7 Å². The number of allylic oxidation sites excluding steroid dienone is 1. The standard InChI is InChI=1S/C18H24O4/c1-14(8-7-9-15(2)17(19)21-3)12-13-22-18(20)16-10-5-4-6-11-16/h4-6,9-11,14H,7-8,12-13H2,1-3H3/b15-9+/t14-/m0/s1. The summed E-state index contributed by atoms with van der Waals surface area (Å²) in [5, 5.41) is 0. The lowest BCUT2D eigenvalue weighted by Crippen LogP contribution is -2.09. The number of hydrogen-bond acceptors (Lipinski definition) is 4. The SMILES string of the molecule is COC(=O)/C(C)=C/CC[C@H](C)CCOC(=O)c1ccccc1. The molecule has 0 heterocycles. The van der Waals surface area contributed by atoms with Crippen molar-refractivity contribution >= 4 is 11.9 Å². The molecule has 120 valence electrons. The lowest BCUT2D eigenvalue weighted by atomic mass is 10.0. The molecule has 22 heavy (non-hydrogen) atoms. The topological polar surface area (TPSA) is 52.6 Å². The monoisotopic (exact) mass is 304 g/mol. The van der Waals surface area contributed by atoms with Crippen LogP contribution in [0.25, 0.3) is 0 Å². The van der Waals surface area contributed by atoms with Crippen molar-refractivity contribution < 1.29 is 19.1 Å². The summed E-state index contributed by atoms with van der Waals surface area (Å²) >= 11 is 0. The van der Waals surface area contributed by atoms with Crippen LogP contribution in [0.2, 0.25) is 0 Å². The Kier molecular flexibility index (Phi) is 7.97. The van der Waals surface area contributed by atoms with E-state index in [9.17, 15) is 9.59 Å². The van der Waals surface area contributed by atoms with E-state index >= 15 is 0 Å². The normalized spacial score (nSPS) is 12.6. The predicted molar refractivity (Wildman–Crippen MR) is 85.5 cm³/mol. The molecule has 4 heteroatoms. The molecule has 0 radical (unpaired) electrons. The number of rotatable bonds is 8. The Morgan fingerprint density at radius 3 is 2.50 bits per heavy atom. The van der Waals surface area contributed by atoms with Gasteiger partial charge < -0.3 is 9.47 Å². The van der Waals surface area contributed by atoms with Gasteiger partial charge >= 0.3 is 11.9 Å². The highest BCUT2D eigenvalue weighted by molar-refractivity contribution is 5.89. The lowest BCUT2D eigenvalue weighted by Gasteiger charge is -2.10. The Morgan fingerprint density at radius 2 is 1.86 bits per heavy atom. The van der Waals surface area contributed by atoms with Gasteiger partial charge in [0.25, 0.3) is 0 Å². The molecule has 0 aliphatic heterocycles. The summed E-state index contributed by atoms with van der Waals surface area (Å²) in [6, 6.07) is 8.98. The first kappa shape index (κ1) is 18.0. The van der Waals surface area contributed by atoms with E-state index in [1.165, 1.54) is 7.11 Å². The summed E-state index contributed by atoms with van der Waals surface area (Å²) in [6.45, 7) is 4.27. The third-order valence-corrected chi connectivity index (χ3v) is 3.47.